The highest BCUT2D eigenvalue weighted by Gasteiger charge is 2.28. The van der Waals surface area contributed by atoms with Gasteiger partial charge in [-0.25, -0.2) is 0 Å². The van der Waals surface area contributed by atoms with Crippen molar-refractivity contribution in [3.05, 3.63) is 12.2 Å². The van der Waals surface area contributed by atoms with Gasteiger partial charge >= 0.3 is 0 Å². The highest BCUT2D eigenvalue weighted by molar-refractivity contribution is 4.99. The summed E-state index contributed by atoms with van der Waals surface area (Å²) in [7, 11) is 0. The summed E-state index contributed by atoms with van der Waals surface area (Å²) in [4.78, 5) is 0. The summed E-state index contributed by atoms with van der Waals surface area (Å²) < 4.78 is 0. The van der Waals surface area contributed by atoms with Crippen molar-refractivity contribution >= 4 is 0 Å². The summed E-state index contributed by atoms with van der Waals surface area (Å²) in [6, 6.07) is 0. The van der Waals surface area contributed by atoms with Gasteiger partial charge in [0.05, 0.1) is 5.60 Å². The Hall–Kier alpha value is -0.340. The Morgan fingerprint density at radius 3 is 2.91 bits per heavy atom. The molecule has 2 N–H and O–H groups in total. The Bertz CT molecular complexity index is 148. The fourth-order valence-electron chi connectivity index (χ4n) is 1.66. The fraction of sp³-hybridized carbons (Fsp3) is 0.778. The van der Waals surface area contributed by atoms with Gasteiger partial charge in [0.1, 0.15) is 0 Å². The zero-order valence-electron chi connectivity index (χ0n) is 7.19. The third-order valence-corrected chi connectivity index (χ3v) is 2.08. The van der Waals surface area contributed by atoms with E-state index in [1.807, 2.05) is 6.92 Å². The first-order chi connectivity index (χ1) is 5.12. The third kappa shape index (κ3) is 2.64. The number of piperidine rings is 1. The largest absolute Gasteiger partial charge is 0.388 e. The van der Waals surface area contributed by atoms with Gasteiger partial charge in [0.25, 0.3) is 0 Å². The number of aliphatic hydroxyl groups is 1. The molecule has 1 rings (SSSR count). The zero-order chi connectivity index (χ0) is 8.32. The minimum atomic E-state index is -0.510. The first-order valence-electron chi connectivity index (χ1n) is 4.20. The molecular weight excluding hydrogens is 138 g/mol. The van der Waals surface area contributed by atoms with Crippen molar-refractivity contribution < 1.29 is 5.11 Å². The predicted octanol–water partition coefficient (Wildman–Crippen LogP) is 1.07. The maximum Gasteiger partial charge on any atom is 0.0808 e. The Labute approximate surface area is 68.3 Å². The van der Waals surface area contributed by atoms with Crippen molar-refractivity contribution in [2.45, 2.75) is 31.8 Å². The van der Waals surface area contributed by atoms with Crippen LogP contribution in [-0.4, -0.2) is 23.8 Å². The van der Waals surface area contributed by atoms with Gasteiger partial charge in [0.15, 0.2) is 0 Å². The normalized spacial score (nSPS) is 31.8. The molecule has 0 amide bonds. The smallest absolute Gasteiger partial charge is 0.0808 e. The minimum absolute atomic E-state index is 0.510. The van der Waals surface area contributed by atoms with Gasteiger partial charge in [-0.15, -0.1) is 6.58 Å². The molecule has 0 radical (unpaired) electrons. The van der Waals surface area contributed by atoms with Crippen molar-refractivity contribution in [2.75, 3.05) is 13.1 Å². The summed E-state index contributed by atoms with van der Waals surface area (Å²) in [5.41, 5.74) is 0.556. The lowest BCUT2D eigenvalue weighted by Gasteiger charge is -2.32. The van der Waals surface area contributed by atoms with Gasteiger partial charge in [-0.2, -0.15) is 0 Å². The standard InChI is InChI=1S/C9H17NO/c1-8(2)6-9(11)4-3-5-10-7-9/h10-11H,1,3-7H2,2H3. The lowest BCUT2D eigenvalue weighted by atomic mass is 9.88. The Morgan fingerprint density at radius 2 is 2.45 bits per heavy atom. The summed E-state index contributed by atoms with van der Waals surface area (Å²) in [6.07, 6.45) is 2.72. The van der Waals surface area contributed by atoms with Crippen LogP contribution < -0.4 is 5.32 Å². The molecule has 1 heterocycles. The average Bonchev–Trinajstić information content (AvgIpc) is 1.85. The predicted molar refractivity (Wildman–Crippen MR) is 46.5 cm³/mol. The molecule has 1 saturated heterocycles. The second kappa shape index (κ2) is 3.37. The van der Waals surface area contributed by atoms with Crippen molar-refractivity contribution in [2.24, 2.45) is 0 Å². The molecule has 2 nitrogen and oxygen atoms in total. The van der Waals surface area contributed by atoms with E-state index < -0.39 is 5.60 Å². The molecular formula is C9H17NO. The second-order valence-electron chi connectivity index (χ2n) is 3.64. The van der Waals surface area contributed by atoms with E-state index in [4.69, 9.17) is 0 Å². The minimum Gasteiger partial charge on any atom is -0.388 e. The van der Waals surface area contributed by atoms with Gasteiger partial charge in [-0.05, 0) is 32.7 Å². The van der Waals surface area contributed by atoms with Gasteiger partial charge in [0, 0.05) is 6.54 Å². The quantitative estimate of drug-likeness (QED) is 0.585. The molecule has 0 bridgehead atoms. The van der Waals surface area contributed by atoms with E-state index in [-0.39, 0.29) is 0 Å². The molecule has 0 aromatic heterocycles. The Kier molecular flexibility index (Phi) is 2.68. The molecule has 1 unspecified atom stereocenters. The molecule has 0 saturated carbocycles. The number of nitrogens with one attached hydrogen (secondary N) is 1. The van der Waals surface area contributed by atoms with E-state index >= 15 is 0 Å². The van der Waals surface area contributed by atoms with E-state index in [9.17, 15) is 5.11 Å². The number of hydrogen-bond donors (Lipinski definition) is 2. The van der Waals surface area contributed by atoms with Crippen molar-refractivity contribution in [1.82, 2.24) is 5.32 Å². The third-order valence-electron chi connectivity index (χ3n) is 2.08. The number of β-amino-alcohol motifs (C(OH)–C–C–N with tert-alkyl or cyclic N) is 1. The fourth-order valence-corrected chi connectivity index (χ4v) is 1.66. The van der Waals surface area contributed by atoms with Gasteiger partial charge < -0.3 is 10.4 Å². The van der Waals surface area contributed by atoms with Crippen LogP contribution >= 0.6 is 0 Å². The molecule has 0 aromatic carbocycles. The molecule has 64 valence electrons. The maximum atomic E-state index is 9.92. The van der Waals surface area contributed by atoms with Gasteiger partial charge in [-0.3, -0.25) is 0 Å². The van der Waals surface area contributed by atoms with Crippen LogP contribution in [0.2, 0.25) is 0 Å². The molecule has 1 fully saturated rings. The van der Waals surface area contributed by atoms with E-state index in [2.05, 4.69) is 11.9 Å². The summed E-state index contributed by atoms with van der Waals surface area (Å²) in [5, 5.41) is 13.1. The van der Waals surface area contributed by atoms with E-state index in [0.29, 0.717) is 0 Å². The Morgan fingerprint density at radius 1 is 1.73 bits per heavy atom. The highest BCUT2D eigenvalue weighted by Crippen LogP contribution is 2.22. The number of hydrogen-bond acceptors (Lipinski definition) is 2. The molecule has 11 heavy (non-hydrogen) atoms. The number of rotatable bonds is 2. The van der Waals surface area contributed by atoms with Crippen LogP contribution in [0.25, 0.3) is 0 Å². The van der Waals surface area contributed by atoms with Crippen LogP contribution in [-0.2, 0) is 0 Å². The van der Waals surface area contributed by atoms with Crippen LogP contribution in [0.1, 0.15) is 26.2 Å². The first kappa shape index (κ1) is 8.75. The highest BCUT2D eigenvalue weighted by atomic mass is 16.3. The molecule has 0 aliphatic carbocycles. The molecule has 1 aliphatic heterocycles. The molecule has 0 spiro atoms. The average molecular weight is 155 g/mol. The lowest BCUT2D eigenvalue weighted by Crippen LogP contribution is -2.45. The Balaban J connectivity index is 2.43. The molecule has 1 aliphatic rings. The van der Waals surface area contributed by atoms with E-state index in [1.165, 1.54) is 0 Å². The summed E-state index contributed by atoms with van der Waals surface area (Å²) >= 11 is 0. The van der Waals surface area contributed by atoms with Gasteiger partial charge in [0.2, 0.25) is 0 Å². The monoisotopic (exact) mass is 155 g/mol. The lowest BCUT2D eigenvalue weighted by molar-refractivity contribution is 0.0171. The SMILES string of the molecule is C=C(C)CC1(O)CCCNC1. The summed E-state index contributed by atoms with van der Waals surface area (Å²) in [6.45, 7) is 7.53. The molecule has 0 aromatic rings. The van der Waals surface area contributed by atoms with Crippen LogP contribution in [0.5, 0.6) is 0 Å². The van der Waals surface area contributed by atoms with E-state index in [0.717, 1.165) is 37.9 Å². The molecule has 1 atom stereocenters. The maximum absolute atomic E-state index is 9.92. The van der Waals surface area contributed by atoms with Crippen molar-refractivity contribution in [3.63, 3.8) is 0 Å². The van der Waals surface area contributed by atoms with Crippen LogP contribution in [0.15, 0.2) is 12.2 Å². The zero-order valence-corrected chi connectivity index (χ0v) is 7.19. The van der Waals surface area contributed by atoms with E-state index in [1.54, 1.807) is 0 Å². The molecule has 2 heteroatoms. The van der Waals surface area contributed by atoms with Gasteiger partial charge in [-0.1, -0.05) is 5.57 Å². The topological polar surface area (TPSA) is 32.3 Å². The first-order valence-corrected chi connectivity index (χ1v) is 4.20. The van der Waals surface area contributed by atoms with Crippen LogP contribution in [0.3, 0.4) is 0 Å². The van der Waals surface area contributed by atoms with Crippen molar-refractivity contribution in [3.8, 4) is 0 Å². The van der Waals surface area contributed by atoms with Crippen LogP contribution in [0, 0.1) is 0 Å². The summed E-state index contributed by atoms with van der Waals surface area (Å²) in [5.74, 6) is 0. The van der Waals surface area contributed by atoms with Crippen molar-refractivity contribution in [1.29, 1.82) is 0 Å². The van der Waals surface area contributed by atoms with Crippen LogP contribution in [0.4, 0.5) is 0 Å². The second-order valence-corrected chi connectivity index (χ2v) is 3.64.